The van der Waals surface area contributed by atoms with Gasteiger partial charge in [0.05, 0.1) is 10.2 Å². The fraction of sp³-hybridized carbons (Fsp3) is 0.692. The van der Waals surface area contributed by atoms with Crippen molar-refractivity contribution in [3.8, 4) is 0 Å². The summed E-state index contributed by atoms with van der Waals surface area (Å²) in [6, 6.07) is 0. The van der Waals surface area contributed by atoms with Gasteiger partial charge >= 0.3 is 5.97 Å². The number of hydrogen-bond acceptors (Lipinski definition) is 3. The third kappa shape index (κ3) is 2.56. The van der Waals surface area contributed by atoms with Crippen LogP contribution in [0.2, 0.25) is 0 Å². The van der Waals surface area contributed by atoms with Crippen molar-refractivity contribution in [3.63, 3.8) is 0 Å². The molecule has 2 rings (SSSR count). The molecular formula is C13H20BrN3O2. The Balaban J connectivity index is 2.06. The minimum absolute atomic E-state index is 0.0349. The standard InChI is InChI=1S/C13H20BrN3O2/c1-8-11(14)9(2)17(16-8)7-5-10-4-3-6-13(10,15)12(18)19/h10H,3-7,15H2,1-2H3,(H,18,19). The second kappa shape index (κ2) is 5.25. The Bertz CT molecular complexity index is 500. The van der Waals surface area contributed by atoms with E-state index in [1.54, 1.807) is 0 Å². The molecule has 0 amide bonds. The van der Waals surface area contributed by atoms with Crippen LogP contribution in [0, 0.1) is 19.8 Å². The fourth-order valence-corrected chi connectivity index (χ4v) is 3.24. The first-order chi connectivity index (χ1) is 8.86. The first kappa shape index (κ1) is 14.5. The van der Waals surface area contributed by atoms with Gasteiger partial charge in [0.15, 0.2) is 0 Å². The molecule has 0 spiro atoms. The van der Waals surface area contributed by atoms with Crippen LogP contribution in [0.25, 0.3) is 0 Å². The van der Waals surface area contributed by atoms with Gasteiger partial charge in [-0.05, 0) is 55.0 Å². The maximum Gasteiger partial charge on any atom is 0.323 e. The molecule has 1 heterocycles. The van der Waals surface area contributed by atoms with E-state index in [4.69, 9.17) is 5.73 Å². The number of carboxylic acids is 1. The Morgan fingerprint density at radius 1 is 1.63 bits per heavy atom. The molecule has 2 unspecified atom stereocenters. The summed E-state index contributed by atoms with van der Waals surface area (Å²) in [5.41, 5.74) is 7.03. The van der Waals surface area contributed by atoms with E-state index in [0.717, 1.165) is 41.7 Å². The quantitative estimate of drug-likeness (QED) is 0.887. The summed E-state index contributed by atoms with van der Waals surface area (Å²) in [5, 5.41) is 13.7. The number of halogens is 1. The lowest BCUT2D eigenvalue weighted by atomic mass is 9.86. The molecule has 0 aromatic carbocycles. The molecule has 1 aromatic rings. The number of aliphatic carboxylic acids is 1. The van der Waals surface area contributed by atoms with Crippen LogP contribution in [0.4, 0.5) is 0 Å². The number of aromatic nitrogens is 2. The normalized spacial score (nSPS) is 26.8. The molecule has 1 aromatic heterocycles. The van der Waals surface area contributed by atoms with Crippen LogP contribution in [0.1, 0.15) is 37.1 Å². The molecule has 1 aliphatic rings. The average molecular weight is 330 g/mol. The first-order valence-electron chi connectivity index (χ1n) is 6.58. The number of carboxylic acid groups (broad SMARTS) is 1. The average Bonchev–Trinajstić information content (AvgIpc) is 2.84. The summed E-state index contributed by atoms with van der Waals surface area (Å²) in [6.45, 7) is 4.68. The Hall–Kier alpha value is -0.880. The molecule has 106 valence electrons. The molecule has 5 nitrogen and oxygen atoms in total. The minimum Gasteiger partial charge on any atom is -0.480 e. The molecule has 1 fully saturated rings. The third-order valence-electron chi connectivity index (χ3n) is 4.25. The van der Waals surface area contributed by atoms with Crippen molar-refractivity contribution >= 4 is 21.9 Å². The van der Waals surface area contributed by atoms with E-state index < -0.39 is 11.5 Å². The van der Waals surface area contributed by atoms with E-state index in [9.17, 15) is 9.90 Å². The molecular weight excluding hydrogens is 310 g/mol. The van der Waals surface area contributed by atoms with Crippen LogP contribution < -0.4 is 5.73 Å². The molecule has 3 N–H and O–H groups in total. The second-order valence-electron chi connectivity index (χ2n) is 5.43. The maximum absolute atomic E-state index is 11.3. The van der Waals surface area contributed by atoms with Gasteiger partial charge in [-0.15, -0.1) is 0 Å². The molecule has 0 bridgehead atoms. The molecule has 0 radical (unpaired) electrons. The van der Waals surface area contributed by atoms with Crippen LogP contribution in [-0.2, 0) is 11.3 Å². The van der Waals surface area contributed by atoms with Crippen molar-refractivity contribution in [2.75, 3.05) is 0 Å². The van der Waals surface area contributed by atoms with E-state index in [1.165, 1.54) is 0 Å². The van der Waals surface area contributed by atoms with E-state index >= 15 is 0 Å². The number of aryl methyl sites for hydroxylation is 2. The van der Waals surface area contributed by atoms with Crippen molar-refractivity contribution in [3.05, 3.63) is 15.9 Å². The summed E-state index contributed by atoms with van der Waals surface area (Å²) < 4.78 is 2.95. The van der Waals surface area contributed by atoms with Crippen LogP contribution in [0.15, 0.2) is 4.47 Å². The highest BCUT2D eigenvalue weighted by Crippen LogP contribution is 2.36. The van der Waals surface area contributed by atoms with Crippen LogP contribution in [0.5, 0.6) is 0 Å². The van der Waals surface area contributed by atoms with Crippen LogP contribution in [0.3, 0.4) is 0 Å². The van der Waals surface area contributed by atoms with Crippen molar-refractivity contribution in [2.45, 2.75) is 51.6 Å². The summed E-state index contributed by atoms with van der Waals surface area (Å²) in [5.74, 6) is -0.836. The van der Waals surface area contributed by atoms with Gasteiger partial charge in [-0.25, -0.2) is 0 Å². The lowest BCUT2D eigenvalue weighted by Gasteiger charge is -2.26. The summed E-state index contributed by atoms with van der Waals surface area (Å²) in [7, 11) is 0. The first-order valence-corrected chi connectivity index (χ1v) is 7.37. The summed E-state index contributed by atoms with van der Waals surface area (Å²) in [6.07, 6.45) is 3.13. The van der Waals surface area contributed by atoms with E-state index in [2.05, 4.69) is 21.0 Å². The van der Waals surface area contributed by atoms with Crippen molar-refractivity contribution in [2.24, 2.45) is 11.7 Å². The zero-order chi connectivity index (χ0) is 14.2. The van der Waals surface area contributed by atoms with Crippen molar-refractivity contribution in [1.29, 1.82) is 0 Å². The molecule has 0 saturated heterocycles. The number of nitrogens with two attached hydrogens (primary N) is 1. The van der Waals surface area contributed by atoms with Gasteiger partial charge in [-0.1, -0.05) is 6.42 Å². The number of carbonyl (C=O) groups is 1. The van der Waals surface area contributed by atoms with Gasteiger partial charge in [0.1, 0.15) is 5.54 Å². The highest BCUT2D eigenvalue weighted by Gasteiger charge is 2.45. The molecule has 0 aliphatic heterocycles. The number of nitrogens with zero attached hydrogens (tertiary/aromatic N) is 2. The predicted octanol–water partition coefficient (Wildman–Crippen LogP) is 2.23. The molecule has 1 aliphatic carbocycles. The van der Waals surface area contributed by atoms with E-state index in [-0.39, 0.29) is 5.92 Å². The van der Waals surface area contributed by atoms with Gasteiger partial charge in [-0.3, -0.25) is 9.48 Å². The van der Waals surface area contributed by atoms with Gasteiger partial charge in [0.25, 0.3) is 0 Å². The molecule has 1 saturated carbocycles. The van der Waals surface area contributed by atoms with Crippen molar-refractivity contribution in [1.82, 2.24) is 9.78 Å². The maximum atomic E-state index is 11.3. The van der Waals surface area contributed by atoms with Gasteiger partial charge in [0.2, 0.25) is 0 Å². The minimum atomic E-state index is -1.05. The topological polar surface area (TPSA) is 81.1 Å². The molecule has 2 atom stereocenters. The zero-order valence-corrected chi connectivity index (χ0v) is 12.9. The predicted molar refractivity (Wildman–Crippen MR) is 75.9 cm³/mol. The Kier molecular flexibility index (Phi) is 4.01. The van der Waals surface area contributed by atoms with Gasteiger partial charge in [-0.2, -0.15) is 5.10 Å². The second-order valence-corrected chi connectivity index (χ2v) is 6.22. The largest absolute Gasteiger partial charge is 0.480 e. The van der Waals surface area contributed by atoms with Crippen molar-refractivity contribution < 1.29 is 9.90 Å². The molecule has 19 heavy (non-hydrogen) atoms. The lowest BCUT2D eigenvalue weighted by Crippen LogP contribution is -2.51. The van der Waals surface area contributed by atoms with Gasteiger partial charge in [0, 0.05) is 12.2 Å². The fourth-order valence-electron chi connectivity index (χ4n) is 2.96. The number of hydrogen-bond donors (Lipinski definition) is 2. The highest BCUT2D eigenvalue weighted by atomic mass is 79.9. The highest BCUT2D eigenvalue weighted by molar-refractivity contribution is 9.10. The summed E-state index contributed by atoms with van der Waals surface area (Å²) >= 11 is 3.50. The lowest BCUT2D eigenvalue weighted by molar-refractivity contribution is -0.144. The SMILES string of the molecule is Cc1nn(CCC2CCCC2(N)C(=O)O)c(C)c1Br. The van der Waals surface area contributed by atoms with Gasteiger partial charge < -0.3 is 10.8 Å². The Morgan fingerprint density at radius 2 is 2.32 bits per heavy atom. The monoisotopic (exact) mass is 329 g/mol. The Morgan fingerprint density at radius 3 is 2.84 bits per heavy atom. The smallest absolute Gasteiger partial charge is 0.323 e. The van der Waals surface area contributed by atoms with Crippen LogP contribution >= 0.6 is 15.9 Å². The Labute approximate surface area is 121 Å². The van der Waals surface area contributed by atoms with Crippen LogP contribution in [-0.4, -0.2) is 26.4 Å². The third-order valence-corrected chi connectivity index (χ3v) is 5.40. The van der Waals surface area contributed by atoms with E-state index in [1.807, 2.05) is 18.5 Å². The molecule has 6 heteroatoms. The zero-order valence-electron chi connectivity index (χ0n) is 11.3. The summed E-state index contributed by atoms with van der Waals surface area (Å²) in [4.78, 5) is 11.3. The number of rotatable bonds is 4. The van der Waals surface area contributed by atoms with E-state index in [0.29, 0.717) is 6.42 Å².